The molecule has 0 saturated carbocycles. The van der Waals surface area contributed by atoms with Crippen LogP contribution in [0.15, 0.2) is 17.0 Å². The molecule has 1 heterocycles. The molecule has 1 aliphatic rings. The van der Waals surface area contributed by atoms with E-state index in [1.54, 1.807) is 6.92 Å². The lowest BCUT2D eigenvalue weighted by atomic mass is 10.0. The zero-order valence-corrected chi connectivity index (χ0v) is 9.39. The molecule has 2 N–H and O–H groups in total. The van der Waals surface area contributed by atoms with Gasteiger partial charge in [-0.2, -0.15) is 0 Å². The Labute approximate surface area is 92.2 Å². The Morgan fingerprint density at radius 3 is 2.44 bits per heavy atom. The third kappa shape index (κ3) is 1.36. The highest BCUT2D eigenvalue weighted by Crippen LogP contribution is 2.39. The monoisotopic (exact) mass is 247 g/mol. The first-order valence-corrected chi connectivity index (χ1v) is 6.42. The van der Waals surface area contributed by atoms with Crippen LogP contribution in [-0.4, -0.2) is 13.7 Å². The minimum atomic E-state index is -3.62. The van der Waals surface area contributed by atoms with Crippen molar-refractivity contribution in [3.8, 4) is 0 Å². The summed E-state index contributed by atoms with van der Waals surface area (Å²) >= 11 is 0. The van der Waals surface area contributed by atoms with Crippen molar-refractivity contribution in [1.29, 1.82) is 0 Å². The highest BCUT2D eigenvalue weighted by molar-refractivity contribution is 7.92. The summed E-state index contributed by atoms with van der Waals surface area (Å²) in [5.74, 6) is -2.23. The average molecular weight is 247 g/mol. The SMILES string of the molecule is CCC1C(N)c2cc(F)c(F)cc2S1(=O)=O. The summed E-state index contributed by atoms with van der Waals surface area (Å²) in [5, 5.41) is -0.788. The molecule has 1 aliphatic heterocycles. The van der Waals surface area contributed by atoms with Gasteiger partial charge in [0.1, 0.15) is 0 Å². The van der Waals surface area contributed by atoms with Gasteiger partial charge in [-0.15, -0.1) is 0 Å². The third-order valence-electron chi connectivity index (χ3n) is 2.92. The average Bonchev–Trinajstić information content (AvgIpc) is 2.37. The molecule has 6 heteroatoms. The first-order valence-electron chi connectivity index (χ1n) is 4.88. The number of halogens is 2. The zero-order valence-electron chi connectivity index (χ0n) is 8.57. The van der Waals surface area contributed by atoms with E-state index in [1.807, 2.05) is 0 Å². The van der Waals surface area contributed by atoms with E-state index in [4.69, 9.17) is 5.73 Å². The highest BCUT2D eigenvalue weighted by atomic mass is 32.2. The summed E-state index contributed by atoms with van der Waals surface area (Å²) in [7, 11) is -3.62. The molecule has 0 radical (unpaired) electrons. The topological polar surface area (TPSA) is 60.2 Å². The van der Waals surface area contributed by atoms with Crippen LogP contribution >= 0.6 is 0 Å². The number of fused-ring (bicyclic) bond motifs is 1. The molecule has 0 saturated heterocycles. The first kappa shape index (κ1) is 11.5. The molecular formula is C10H11F2NO2S. The number of hydrogen-bond donors (Lipinski definition) is 1. The lowest BCUT2D eigenvalue weighted by Crippen LogP contribution is -2.25. The van der Waals surface area contributed by atoms with Crippen LogP contribution in [0.4, 0.5) is 8.78 Å². The van der Waals surface area contributed by atoms with Gasteiger partial charge >= 0.3 is 0 Å². The van der Waals surface area contributed by atoms with Crippen LogP contribution in [0.1, 0.15) is 24.9 Å². The largest absolute Gasteiger partial charge is 0.323 e. The number of rotatable bonds is 1. The lowest BCUT2D eigenvalue weighted by molar-refractivity contribution is 0.501. The van der Waals surface area contributed by atoms with Gasteiger partial charge in [-0.1, -0.05) is 6.92 Å². The smallest absolute Gasteiger partial charge is 0.183 e. The van der Waals surface area contributed by atoms with Gasteiger partial charge in [-0.3, -0.25) is 0 Å². The standard InChI is InChI=1S/C10H11F2NO2S/c1-2-8-10(13)5-3-6(11)7(12)4-9(5)16(8,14)15/h3-4,8,10H,2,13H2,1H3. The fourth-order valence-electron chi connectivity index (χ4n) is 2.08. The highest BCUT2D eigenvalue weighted by Gasteiger charge is 2.42. The Hall–Kier alpha value is -1.01. The Morgan fingerprint density at radius 1 is 1.31 bits per heavy atom. The second-order valence-corrected chi connectivity index (χ2v) is 5.96. The molecule has 0 aliphatic carbocycles. The van der Waals surface area contributed by atoms with Gasteiger partial charge in [-0.05, 0) is 24.1 Å². The van der Waals surface area contributed by atoms with Crippen LogP contribution in [0.25, 0.3) is 0 Å². The minimum Gasteiger partial charge on any atom is -0.323 e. The summed E-state index contributed by atoms with van der Waals surface area (Å²) in [6.07, 6.45) is 0.321. The summed E-state index contributed by atoms with van der Waals surface area (Å²) in [6.45, 7) is 1.68. The molecule has 0 bridgehead atoms. The van der Waals surface area contributed by atoms with Crippen molar-refractivity contribution in [1.82, 2.24) is 0 Å². The fourth-order valence-corrected chi connectivity index (χ4v) is 4.17. The zero-order chi connectivity index (χ0) is 12.1. The summed E-state index contributed by atoms with van der Waals surface area (Å²) in [4.78, 5) is -0.175. The molecule has 0 aromatic heterocycles. The van der Waals surface area contributed by atoms with Crippen molar-refractivity contribution in [2.24, 2.45) is 5.73 Å². The molecule has 2 rings (SSSR count). The van der Waals surface area contributed by atoms with Gasteiger partial charge in [0, 0.05) is 6.04 Å². The summed E-state index contributed by atoms with van der Waals surface area (Å²) in [5.41, 5.74) is 5.90. The Kier molecular flexibility index (Phi) is 2.51. The van der Waals surface area contributed by atoms with Gasteiger partial charge in [0.25, 0.3) is 0 Å². The molecule has 0 spiro atoms. The van der Waals surface area contributed by atoms with E-state index in [0.29, 0.717) is 6.42 Å². The van der Waals surface area contributed by atoms with E-state index in [0.717, 1.165) is 12.1 Å². The van der Waals surface area contributed by atoms with Gasteiger partial charge in [-0.25, -0.2) is 17.2 Å². The van der Waals surface area contributed by atoms with Crippen molar-refractivity contribution in [3.63, 3.8) is 0 Å². The molecule has 1 aromatic rings. The maximum atomic E-state index is 13.0. The molecule has 88 valence electrons. The van der Waals surface area contributed by atoms with Crippen molar-refractivity contribution in [3.05, 3.63) is 29.3 Å². The molecule has 2 atom stereocenters. The van der Waals surface area contributed by atoms with Gasteiger partial charge in [0.05, 0.1) is 10.1 Å². The van der Waals surface area contributed by atoms with Crippen molar-refractivity contribution in [2.45, 2.75) is 29.5 Å². The molecule has 1 aromatic carbocycles. The lowest BCUT2D eigenvalue weighted by Gasteiger charge is -2.11. The van der Waals surface area contributed by atoms with Gasteiger partial charge in [0.2, 0.25) is 0 Å². The van der Waals surface area contributed by atoms with Crippen LogP contribution in [0, 0.1) is 11.6 Å². The third-order valence-corrected chi connectivity index (χ3v) is 5.31. The molecule has 0 amide bonds. The van der Waals surface area contributed by atoms with Gasteiger partial charge in [0.15, 0.2) is 21.5 Å². The maximum absolute atomic E-state index is 13.0. The molecule has 16 heavy (non-hydrogen) atoms. The van der Waals surface area contributed by atoms with Crippen LogP contribution in [0.2, 0.25) is 0 Å². The Balaban J connectivity index is 2.73. The minimum absolute atomic E-state index is 0.172. The normalized spacial score (nSPS) is 26.8. The number of sulfone groups is 1. The fraction of sp³-hybridized carbons (Fsp3) is 0.400. The molecular weight excluding hydrogens is 236 g/mol. The van der Waals surface area contributed by atoms with E-state index >= 15 is 0 Å². The maximum Gasteiger partial charge on any atom is 0.183 e. The predicted octanol–water partition coefficient (Wildman–Crippen LogP) is 1.53. The Morgan fingerprint density at radius 2 is 1.88 bits per heavy atom. The predicted molar refractivity (Wildman–Crippen MR) is 54.6 cm³/mol. The Bertz CT molecular complexity index is 542. The molecule has 0 fully saturated rings. The van der Waals surface area contributed by atoms with E-state index in [-0.39, 0.29) is 10.5 Å². The van der Waals surface area contributed by atoms with Crippen LogP contribution in [0.3, 0.4) is 0 Å². The van der Waals surface area contributed by atoms with E-state index < -0.39 is 32.8 Å². The van der Waals surface area contributed by atoms with E-state index in [1.165, 1.54) is 0 Å². The number of hydrogen-bond acceptors (Lipinski definition) is 3. The van der Waals surface area contributed by atoms with Crippen LogP contribution < -0.4 is 5.73 Å². The summed E-state index contributed by atoms with van der Waals surface area (Å²) < 4.78 is 49.8. The first-order chi connectivity index (χ1) is 7.39. The van der Waals surface area contributed by atoms with Crippen molar-refractivity contribution >= 4 is 9.84 Å². The summed E-state index contributed by atoms with van der Waals surface area (Å²) in [6, 6.07) is 0.818. The van der Waals surface area contributed by atoms with Crippen LogP contribution in [-0.2, 0) is 9.84 Å². The van der Waals surface area contributed by atoms with Crippen molar-refractivity contribution in [2.75, 3.05) is 0 Å². The molecule has 2 unspecified atom stereocenters. The number of benzene rings is 1. The van der Waals surface area contributed by atoms with Gasteiger partial charge < -0.3 is 5.73 Å². The van der Waals surface area contributed by atoms with E-state index in [2.05, 4.69) is 0 Å². The molecule has 3 nitrogen and oxygen atoms in total. The second-order valence-electron chi connectivity index (χ2n) is 3.82. The van der Waals surface area contributed by atoms with E-state index in [9.17, 15) is 17.2 Å². The quantitative estimate of drug-likeness (QED) is 0.765. The second kappa shape index (κ2) is 3.49. The number of nitrogens with two attached hydrogens (primary N) is 1. The van der Waals surface area contributed by atoms with Crippen molar-refractivity contribution < 1.29 is 17.2 Å². The van der Waals surface area contributed by atoms with Crippen LogP contribution in [0.5, 0.6) is 0 Å².